The number of nitrogens with zero attached hydrogens (tertiary/aromatic N) is 2. The van der Waals surface area contributed by atoms with Gasteiger partial charge in [0.2, 0.25) is 10.0 Å². The molecule has 8 heteroatoms. The molecule has 2 fully saturated rings. The lowest BCUT2D eigenvalue weighted by molar-refractivity contribution is 0.117. The zero-order chi connectivity index (χ0) is 17.3. The first-order valence-corrected chi connectivity index (χ1v) is 10.2. The summed E-state index contributed by atoms with van der Waals surface area (Å²) in [4.78, 5) is 2.21. The van der Waals surface area contributed by atoms with Crippen molar-refractivity contribution in [3.63, 3.8) is 0 Å². The Kier molecular flexibility index (Phi) is 5.24. The van der Waals surface area contributed by atoms with Crippen molar-refractivity contribution in [2.45, 2.75) is 43.0 Å². The number of nitrogen functional groups attached to an aromatic ring is 1. The zero-order valence-corrected chi connectivity index (χ0v) is 15.2. The third-order valence-corrected chi connectivity index (χ3v) is 7.44. The van der Waals surface area contributed by atoms with Crippen LogP contribution in [0.25, 0.3) is 0 Å². The fourth-order valence-electron chi connectivity index (χ4n) is 3.67. The van der Waals surface area contributed by atoms with Crippen LogP contribution in [0.1, 0.15) is 32.1 Å². The lowest BCUT2D eigenvalue weighted by Crippen LogP contribution is -2.48. The van der Waals surface area contributed by atoms with E-state index in [2.05, 4.69) is 4.90 Å². The van der Waals surface area contributed by atoms with Gasteiger partial charge in [-0.25, -0.2) is 8.42 Å². The molecule has 0 unspecified atom stereocenters. The quantitative estimate of drug-likeness (QED) is 0.627. The maximum atomic E-state index is 12.9. The largest absolute Gasteiger partial charge is 0.504 e. The van der Waals surface area contributed by atoms with Crippen molar-refractivity contribution in [2.24, 2.45) is 0 Å². The van der Waals surface area contributed by atoms with Gasteiger partial charge in [-0.2, -0.15) is 4.31 Å². The van der Waals surface area contributed by atoms with Crippen molar-refractivity contribution in [2.75, 3.05) is 31.9 Å². The van der Waals surface area contributed by atoms with Gasteiger partial charge in [0.15, 0.2) is 5.75 Å². The van der Waals surface area contributed by atoms with Crippen LogP contribution in [0.5, 0.6) is 5.75 Å². The second-order valence-electron chi connectivity index (χ2n) is 6.55. The van der Waals surface area contributed by atoms with E-state index in [1.54, 1.807) is 0 Å². The number of anilines is 1. The molecular weight excluding hydrogens is 350 g/mol. The summed E-state index contributed by atoms with van der Waals surface area (Å²) >= 11 is 6.03. The van der Waals surface area contributed by atoms with E-state index in [4.69, 9.17) is 17.3 Å². The number of aromatic hydroxyl groups is 1. The van der Waals surface area contributed by atoms with Crippen LogP contribution in [0.2, 0.25) is 5.02 Å². The third kappa shape index (κ3) is 3.35. The number of phenolic OH excluding ortho intramolecular Hbond substituents is 1. The number of hydrogen-bond donors (Lipinski definition) is 2. The van der Waals surface area contributed by atoms with Gasteiger partial charge < -0.3 is 15.7 Å². The molecule has 24 heavy (non-hydrogen) atoms. The predicted octanol–water partition coefficient (Wildman–Crippen LogP) is 2.27. The Morgan fingerprint density at radius 2 is 1.71 bits per heavy atom. The van der Waals surface area contributed by atoms with E-state index in [-0.39, 0.29) is 15.6 Å². The molecule has 2 heterocycles. The molecule has 6 nitrogen and oxygen atoms in total. The van der Waals surface area contributed by atoms with Crippen LogP contribution < -0.4 is 5.73 Å². The van der Waals surface area contributed by atoms with Gasteiger partial charge in [-0.15, -0.1) is 0 Å². The molecule has 0 aliphatic carbocycles. The molecule has 0 amide bonds. The highest BCUT2D eigenvalue weighted by Gasteiger charge is 2.35. The Morgan fingerprint density at radius 3 is 2.33 bits per heavy atom. The number of benzene rings is 1. The summed E-state index contributed by atoms with van der Waals surface area (Å²) in [5.41, 5.74) is 5.65. The van der Waals surface area contributed by atoms with Crippen molar-refractivity contribution >= 4 is 27.3 Å². The number of sulfonamides is 1. The minimum atomic E-state index is -3.85. The van der Waals surface area contributed by atoms with Gasteiger partial charge in [0.1, 0.15) is 4.90 Å². The smallest absolute Gasteiger partial charge is 0.248 e. The van der Waals surface area contributed by atoms with Crippen LogP contribution in [0.15, 0.2) is 17.0 Å². The first-order chi connectivity index (χ1) is 11.4. The van der Waals surface area contributed by atoms with Crippen LogP contribution in [-0.2, 0) is 10.0 Å². The van der Waals surface area contributed by atoms with Gasteiger partial charge in [0, 0.05) is 19.1 Å². The first kappa shape index (κ1) is 17.8. The van der Waals surface area contributed by atoms with Crippen LogP contribution in [-0.4, -0.2) is 55.0 Å². The topological polar surface area (TPSA) is 86.9 Å². The maximum Gasteiger partial charge on any atom is 0.248 e. The Labute approximate surface area is 148 Å². The molecule has 1 aromatic carbocycles. The van der Waals surface area contributed by atoms with Crippen molar-refractivity contribution in [1.82, 2.24) is 9.21 Å². The Hall–Kier alpha value is -1.02. The minimum absolute atomic E-state index is 0.000135. The van der Waals surface area contributed by atoms with E-state index >= 15 is 0 Å². The van der Waals surface area contributed by atoms with Crippen LogP contribution in [0.3, 0.4) is 0 Å². The predicted molar refractivity (Wildman–Crippen MR) is 94.7 cm³/mol. The molecule has 0 atom stereocenters. The summed E-state index contributed by atoms with van der Waals surface area (Å²) in [6, 6.07) is 3.25. The average molecular weight is 374 g/mol. The molecule has 0 bridgehead atoms. The number of nitrogens with two attached hydrogens (primary N) is 1. The van der Waals surface area contributed by atoms with Gasteiger partial charge in [-0.3, -0.25) is 0 Å². The third-order valence-electron chi connectivity index (χ3n) is 5.04. The lowest BCUT2D eigenvalue weighted by Gasteiger charge is -2.39. The van der Waals surface area contributed by atoms with E-state index in [9.17, 15) is 13.5 Å². The van der Waals surface area contributed by atoms with E-state index in [0.29, 0.717) is 19.1 Å². The number of rotatable bonds is 3. The lowest BCUT2D eigenvalue weighted by atomic mass is 10.0. The summed E-state index contributed by atoms with van der Waals surface area (Å²) < 4.78 is 27.2. The van der Waals surface area contributed by atoms with Crippen molar-refractivity contribution in [1.29, 1.82) is 0 Å². The summed E-state index contributed by atoms with van der Waals surface area (Å²) in [7, 11) is -3.85. The molecule has 2 aliphatic rings. The standard InChI is InChI=1S/C16H24ClN3O3S/c17-13-4-5-14(18)15(21)16(13)24(22,23)20-10-6-12(7-11-20)19-8-2-1-3-9-19/h4-5,12,21H,1-3,6-11,18H2. The normalized spacial score (nSPS) is 21.9. The van der Waals surface area contributed by atoms with Gasteiger partial charge in [-0.05, 0) is 50.9 Å². The molecule has 0 saturated carbocycles. The Morgan fingerprint density at radius 1 is 1.08 bits per heavy atom. The van der Waals surface area contributed by atoms with Gasteiger partial charge in [0.05, 0.1) is 10.7 Å². The highest BCUT2D eigenvalue weighted by Crippen LogP contribution is 2.38. The summed E-state index contributed by atoms with van der Waals surface area (Å²) in [5.74, 6) is -0.458. The molecule has 2 saturated heterocycles. The van der Waals surface area contributed by atoms with E-state index in [0.717, 1.165) is 25.9 Å². The van der Waals surface area contributed by atoms with Crippen molar-refractivity contribution in [3.8, 4) is 5.75 Å². The number of hydrogen-bond acceptors (Lipinski definition) is 5. The second kappa shape index (κ2) is 7.07. The SMILES string of the molecule is Nc1ccc(Cl)c(S(=O)(=O)N2CCC(N3CCCCC3)CC2)c1O. The number of likely N-dealkylation sites (tertiary alicyclic amines) is 1. The van der Waals surface area contributed by atoms with Gasteiger partial charge >= 0.3 is 0 Å². The number of piperidine rings is 2. The maximum absolute atomic E-state index is 12.9. The molecule has 3 rings (SSSR count). The molecule has 134 valence electrons. The minimum Gasteiger partial charge on any atom is -0.504 e. The molecule has 1 aromatic rings. The van der Waals surface area contributed by atoms with E-state index in [1.165, 1.54) is 35.7 Å². The molecule has 0 spiro atoms. The van der Waals surface area contributed by atoms with Gasteiger partial charge in [-0.1, -0.05) is 18.0 Å². The summed E-state index contributed by atoms with van der Waals surface area (Å²) in [6.07, 6.45) is 5.35. The Bertz CT molecular complexity index is 697. The molecular formula is C16H24ClN3O3S. The van der Waals surface area contributed by atoms with Crippen LogP contribution >= 0.6 is 11.6 Å². The van der Waals surface area contributed by atoms with E-state index in [1.807, 2.05) is 0 Å². The fourth-order valence-corrected chi connectivity index (χ4v) is 5.74. The molecule has 2 aliphatic heterocycles. The monoisotopic (exact) mass is 373 g/mol. The van der Waals surface area contributed by atoms with Crippen LogP contribution in [0.4, 0.5) is 5.69 Å². The van der Waals surface area contributed by atoms with Crippen molar-refractivity contribution < 1.29 is 13.5 Å². The van der Waals surface area contributed by atoms with E-state index < -0.39 is 15.8 Å². The fraction of sp³-hybridized carbons (Fsp3) is 0.625. The summed E-state index contributed by atoms with van der Waals surface area (Å²) in [6.45, 7) is 3.10. The highest BCUT2D eigenvalue weighted by molar-refractivity contribution is 7.89. The second-order valence-corrected chi connectivity index (χ2v) is 8.83. The number of halogens is 1. The summed E-state index contributed by atoms with van der Waals surface area (Å²) in [5, 5.41) is 10.1. The zero-order valence-electron chi connectivity index (χ0n) is 13.6. The number of phenols is 1. The highest BCUT2D eigenvalue weighted by atomic mass is 35.5. The van der Waals surface area contributed by atoms with Crippen LogP contribution in [0, 0.1) is 0 Å². The molecule has 3 N–H and O–H groups in total. The average Bonchev–Trinajstić information content (AvgIpc) is 2.59. The Balaban J connectivity index is 1.75. The van der Waals surface area contributed by atoms with Crippen molar-refractivity contribution in [3.05, 3.63) is 17.2 Å². The molecule has 0 aromatic heterocycles. The molecule has 0 radical (unpaired) electrons. The van der Waals surface area contributed by atoms with Gasteiger partial charge in [0.25, 0.3) is 0 Å². The first-order valence-electron chi connectivity index (χ1n) is 8.42.